The first kappa shape index (κ1) is 14.9. The Morgan fingerprint density at radius 1 is 1.29 bits per heavy atom. The number of hydrogen-bond acceptors (Lipinski definition) is 3. The van der Waals surface area contributed by atoms with E-state index in [0.717, 1.165) is 19.1 Å². The molecule has 1 aromatic rings. The molecule has 1 aliphatic carbocycles. The summed E-state index contributed by atoms with van der Waals surface area (Å²) in [7, 11) is 0. The van der Waals surface area contributed by atoms with Crippen LogP contribution in [0.1, 0.15) is 12.5 Å². The van der Waals surface area contributed by atoms with Gasteiger partial charge in [-0.3, -0.25) is 9.59 Å². The molecule has 110 valence electrons. The van der Waals surface area contributed by atoms with Crippen LogP contribution >= 0.6 is 0 Å². The minimum Gasteiger partial charge on any atom is -0.481 e. The van der Waals surface area contributed by atoms with Crippen molar-refractivity contribution in [2.45, 2.75) is 12.8 Å². The topological polar surface area (TPSA) is 63.6 Å². The average molecular weight is 294 g/mol. The summed E-state index contributed by atoms with van der Waals surface area (Å²) >= 11 is 0. The molecule has 1 aliphatic rings. The number of alkyl halides is 1. The minimum absolute atomic E-state index is 0.0524. The fraction of sp³-hybridized carbons (Fsp3) is 0.200. The van der Waals surface area contributed by atoms with E-state index in [0.29, 0.717) is 5.56 Å². The van der Waals surface area contributed by atoms with E-state index in [9.17, 15) is 18.4 Å². The molecule has 0 aliphatic heterocycles. The lowest BCUT2D eigenvalue weighted by Crippen LogP contribution is -2.42. The Labute approximate surface area is 119 Å². The quantitative estimate of drug-likeness (QED) is 0.871. The van der Waals surface area contributed by atoms with Gasteiger partial charge in [0.1, 0.15) is 5.83 Å². The van der Waals surface area contributed by atoms with Crippen molar-refractivity contribution in [3.05, 3.63) is 53.9 Å². The summed E-state index contributed by atoms with van der Waals surface area (Å²) in [4.78, 5) is 22.1. The van der Waals surface area contributed by atoms with Gasteiger partial charge in [-0.1, -0.05) is 30.3 Å². The number of allylic oxidation sites excluding steroid dienone is 2. The van der Waals surface area contributed by atoms with E-state index in [1.54, 1.807) is 30.3 Å². The van der Waals surface area contributed by atoms with Crippen LogP contribution in [0.25, 0.3) is 5.57 Å². The molecule has 1 N–H and O–H groups in total. The second-order valence-corrected chi connectivity index (χ2v) is 4.52. The van der Waals surface area contributed by atoms with Gasteiger partial charge in [-0.2, -0.15) is 4.39 Å². The molecule has 0 saturated carbocycles. The Bertz CT molecular complexity index is 636. The third-order valence-electron chi connectivity index (χ3n) is 3.01. The second kappa shape index (κ2) is 5.47. The molecule has 21 heavy (non-hydrogen) atoms. The fourth-order valence-electron chi connectivity index (χ4n) is 2.14. The normalized spacial score (nSPS) is 24.8. The average Bonchev–Trinajstić information content (AvgIpc) is 2.38. The van der Waals surface area contributed by atoms with Crippen LogP contribution < -0.4 is 0 Å². The van der Waals surface area contributed by atoms with Crippen molar-refractivity contribution < 1.29 is 28.2 Å². The molecule has 2 atom stereocenters. The maximum Gasteiger partial charge on any atom is 0.320 e. The third kappa shape index (κ3) is 2.84. The van der Waals surface area contributed by atoms with E-state index >= 15 is 0 Å². The number of benzene rings is 1. The summed E-state index contributed by atoms with van der Waals surface area (Å²) in [5.74, 6) is -9.26. The summed E-state index contributed by atoms with van der Waals surface area (Å²) in [5, 5.41) is 9.08. The van der Waals surface area contributed by atoms with Gasteiger partial charge in [0, 0.05) is 12.5 Å². The van der Waals surface area contributed by atoms with Gasteiger partial charge in [0.25, 0.3) is 5.85 Å². The molecule has 0 heterocycles. The molecule has 0 bridgehead atoms. The molecule has 1 aromatic carbocycles. The van der Waals surface area contributed by atoms with Crippen molar-refractivity contribution in [1.29, 1.82) is 0 Å². The maximum atomic E-state index is 14.5. The molecule has 4 nitrogen and oxygen atoms in total. The first-order valence-electron chi connectivity index (χ1n) is 6.11. The van der Waals surface area contributed by atoms with Crippen molar-refractivity contribution in [3.63, 3.8) is 0 Å². The second-order valence-electron chi connectivity index (χ2n) is 4.52. The summed E-state index contributed by atoms with van der Waals surface area (Å²) in [6.45, 7) is 0.919. The summed E-state index contributed by atoms with van der Waals surface area (Å²) in [6, 6.07) is 8.12. The highest BCUT2D eigenvalue weighted by Gasteiger charge is 2.51. The van der Waals surface area contributed by atoms with Crippen LogP contribution in [-0.2, 0) is 14.3 Å². The highest BCUT2D eigenvalue weighted by atomic mass is 19.2. The predicted molar refractivity (Wildman–Crippen MR) is 70.3 cm³/mol. The van der Waals surface area contributed by atoms with Gasteiger partial charge < -0.3 is 9.84 Å². The van der Waals surface area contributed by atoms with Crippen molar-refractivity contribution in [2.75, 3.05) is 0 Å². The van der Waals surface area contributed by atoms with Gasteiger partial charge in [0.2, 0.25) is 0 Å². The largest absolute Gasteiger partial charge is 0.481 e. The van der Waals surface area contributed by atoms with Gasteiger partial charge in [-0.05, 0) is 17.7 Å². The number of carboxylic acids is 1. The van der Waals surface area contributed by atoms with Gasteiger partial charge >= 0.3 is 11.9 Å². The van der Waals surface area contributed by atoms with Crippen LogP contribution in [0.3, 0.4) is 0 Å². The third-order valence-corrected chi connectivity index (χ3v) is 3.01. The molecule has 0 spiro atoms. The number of ether oxygens (including phenoxy) is 1. The lowest BCUT2D eigenvalue weighted by molar-refractivity contribution is -0.185. The van der Waals surface area contributed by atoms with Crippen LogP contribution in [0.5, 0.6) is 0 Å². The molecule has 2 unspecified atom stereocenters. The van der Waals surface area contributed by atoms with Gasteiger partial charge in [0.05, 0.1) is 0 Å². The lowest BCUT2D eigenvalue weighted by Gasteiger charge is -2.30. The Balaban J connectivity index is 2.51. The molecule has 0 amide bonds. The molecule has 0 aromatic heterocycles. The van der Waals surface area contributed by atoms with Crippen molar-refractivity contribution in [2.24, 2.45) is 5.92 Å². The van der Waals surface area contributed by atoms with Crippen LogP contribution in [0, 0.1) is 5.92 Å². The van der Waals surface area contributed by atoms with Gasteiger partial charge in [0.15, 0.2) is 5.92 Å². The Hall–Kier alpha value is -2.50. The summed E-state index contributed by atoms with van der Waals surface area (Å²) < 4.78 is 33.3. The van der Waals surface area contributed by atoms with E-state index in [4.69, 9.17) is 5.11 Å². The minimum atomic E-state index is -3.04. The molecular weight excluding hydrogens is 282 g/mol. The zero-order valence-corrected chi connectivity index (χ0v) is 11.0. The monoisotopic (exact) mass is 294 g/mol. The number of halogens is 2. The first-order chi connectivity index (χ1) is 9.85. The standard InChI is InChI=1S/C15H12F2O4/c1-9(18)21-15(17)8-7-11(10-5-3-2-4-6-10)13(16)12(15)14(19)20/h2-8,12H,1H3,(H,19,20). The number of carbonyl (C=O) groups is 2. The molecule has 0 fully saturated rings. The molecular formula is C15H12F2O4. The Morgan fingerprint density at radius 2 is 1.90 bits per heavy atom. The van der Waals surface area contributed by atoms with Crippen molar-refractivity contribution in [1.82, 2.24) is 0 Å². The van der Waals surface area contributed by atoms with E-state index in [1.165, 1.54) is 0 Å². The van der Waals surface area contributed by atoms with Crippen LogP contribution in [-0.4, -0.2) is 22.9 Å². The number of rotatable bonds is 3. The van der Waals surface area contributed by atoms with E-state index < -0.39 is 29.5 Å². The molecule has 2 rings (SSSR count). The van der Waals surface area contributed by atoms with E-state index in [1.807, 2.05) is 0 Å². The zero-order chi connectivity index (χ0) is 15.6. The molecule has 0 saturated heterocycles. The number of carboxylic acid groups (broad SMARTS) is 1. The number of esters is 1. The highest BCUT2D eigenvalue weighted by molar-refractivity contribution is 5.86. The first-order valence-corrected chi connectivity index (χ1v) is 6.11. The summed E-state index contributed by atoms with van der Waals surface area (Å²) in [5.41, 5.74) is 0.353. The smallest absolute Gasteiger partial charge is 0.320 e. The number of carbonyl (C=O) groups excluding carboxylic acids is 1. The van der Waals surface area contributed by atoms with Crippen molar-refractivity contribution >= 4 is 17.5 Å². The number of aliphatic carboxylic acids is 1. The van der Waals surface area contributed by atoms with Crippen LogP contribution in [0.4, 0.5) is 8.78 Å². The molecule has 0 radical (unpaired) electrons. The zero-order valence-electron chi connectivity index (χ0n) is 11.0. The Kier molecular flexibility index (Phi) is 3.88. The lowest BCUT2D eigenvalue weighted by atomic mass is 9.87. The van der Waals surface area contributed by atoms with Crippen LogP contribution in [0.15, 0.2) is 48.3 Å². The van der Waals surface area contributed by atoms with Crippen molar-refractivity contribution in [3.8, 4) is 0 Å². The highest BCUT2D eigenvalue weighted by Crippen LogP contribution is 2.41. The fourth-order valence-corrected chi connectivity index (χ4v) is 2.14. The SMILES string of the molecule is CC(=O)OC1(F)C=CC(c2ccccc2)=C(F)C1C(=O)O. The predicted octanol–water partition coefficient (Wildman–Crippen LogP) is 2.87. The number of hydrogen-bond donors (Lipinski definition) is 1. The van der Waals surface area contributed by atoms with Gasteiger partial charge in [-0.25, -0.2) is 4.39 Å². The van der Waals surface area contributed by atoms with E-state index in [2.05, 4.69) is 4.74 Å². The maximum absolute atomic E-state index is 14.5. The molecule has 6 heteroatoms. The Morgan fingerprint density at radius 3 is 2.43 bits per heavy atom. The van der Waals surface area contributed by atoms with Gasteiger partial charge in [-0.15, -0.1) is 0 Å². The van der Waals surface area contributed by atoms with E-state index in [-0.39, 0.29) is 5.57 Å². The summed E-state index contributed by atoms with van der Waals surface area (Å²) in [6.07, 6.45) is 1.83. The van der Waals surface area contributed by atoms with Crippen LogP contribution in [0.2, 0.25) is 0 Å².